The molecule has 6 heteroatoms. The van der Waals surface area contributed by atoms with E-state index in [0.717, 1.165) is 6.07 Å². The molecule has 1 N–H and O–H groups in total. The fourth-order valence-electron chi connectivity index (χ4n) is 2.41. The van der Waals surface area contributed by atoms with Gasteiger partial charge in [-0.25, -0.2) is 13.6 Å². The molecule has 0 fully saturated rings. The van der Waals surface area contributed by atoms with Gasteiger partial charge in [-0.3, -0.25) is 4.98 Å². The number of halogens is 2. The number of anilines is 2. The first kappa shape index (κ1) is 16.8. The molecular formula is C19H16F2N2O2. The lowest BCUT2D eigenvalue weighted by atomic mass is 10.1. The largest absolute Gasteiger partial charge is 0.459 e. The van der Waals surface area contributed by atoms with E-state index in [-0.39, 0.29) is 11.6 Å². The van der Waals surface area contributed by atoms with Crippen LogP contribution in [0.15, 0.2) is 48.7 Å². The van der Waals surface area contributed by atoms with E-state index in [1.807, 2.05) is 0 Å². The number of hydrogen-bond donors (Lipinski definition) is 1. The summed E-state index contributed by atoms with van der Waals surface area (Å²) >= 11 is 0. The lowest BCUT2D eigenvalue weighted by Crippen LogP contribution is -2.11. The molecule has 4 nitrogen and oxygen atoms in total. The van der Waals surface area contributed by atoms with Gasteiger partial charge in [-0.2, -0.15) is 0 Å². The highest BCUT2D eigenvalue weighted by Gasteiger charge is 2.11. The molecule has 3 aromatic rings. The van der Waals surface area contributed by atoms with Crippen LogP contribution in [-0.2, 0) is 4.74 Å². The molecule has 128 valence electrons. The van der Waals surface area contributed by atoms with Crippen molar-refractivity contribution in [1.29, 1.82) is 0 Å². The molecule has 1 aromatic heterocycles. The molecule has 0 atom stereocenters. The summed E-state index contributed by atoms with van der Waals surface area (Å²) in [4.78, 5) is 15.8. The van der Waals surface area contributed by atoms with Crippen molar-refractivity contribution in [3.05, 3.63) is 65.9 Å². The van der Waals surface area contributed by atoms with Gasteiger partial charge in [-0.15, -0.1) is 0 Å². The normalized spacial score (nSPS) is 10.9. The van der Waals surface area contributed by atoms with Gasteiger partial charge in [0.25, 0.3) is 0 Å². The fourth-order valence-corrected chi connectivity index (χ4v) is 2.41. The average Bonchev–Trinajstić information content (AvgIpc) is 2.55. The lowest BCUT2D eigenvalue weighted by Gasteiger charge is -2.11. The molecule has 25 heavy (non-hydrogen) atoms. The van der Waals surface area contributed by atoms with Gasteiger partial charge in [0.1, 0.15) is 11.3 Å². The SMILES string of the molecule is CC(C)OC(=O)c1ccc(Nc2ccnc3c(F)cc(F)cc23)cc1. The van der Waals surface area contributed by atoms with Gasteiger partial charge >= 0.3 is 5.97 Å². The molecule has 0 spiro atoms. The number of carbonyl (C=O) groups excluding carboxylic acids is 1. The zero-order valence-electron chi connectivity index (χ0n) is 13.7. The second-order valence-corrected chi connectivity index (χ2v) is 5.80. The highest BCUT2D eigenvalue weighted by molar-refractivity contribution is 5.94. The molecule has 0 radical (unpaired) electrons. The number of esters is 1. The Bertz CT molecular complexity index is 925. The molecule has 0 saturated heterocycles. The van der Waals surface area contributed by atoms with Crippen LogP contribution in [-0.4, -0.2) is 17.1 Å². The second kappa shape index (κ2) is 6.84. The molecule has 0 aliphatic heterocycles. The van der Waals surface area contributed by atoms with E-state index in [4.69, 9.17) is 4.74 Å². The number of nitrogens with zero attached hydrogens (tertiary/aromatic N) is 1. The van der Waals surface area contributed by atoms with Crippen molar-refractivity contribution in [2.45, 2.75) is 20.0 Å². The lowest BCUT2D eigenvalue weighted by molar-refractivity contribution is 0.0378. The van der Waals surface area contributed by atoms with Crippen molar-refractivity contribution >= 4 is 28.2 Å². The summed E-state index contributed by atoms with van der Waals surface area (Å²) in [5, 5.41) is 3.42. The summed E-state index contributed by atoms with van der Waals surface area (Å²) in [6.45, 7) is 3.56. The third kappa shape index (κ3) is 3.74. The van der Waals surface area contributed by atoms with Gasteiger partial charge in [-0.05, 0) is 50.2 Å². The molecule has 0 aliphatic carbocycles. The van der Waals surface area contributed by atoms with E-state index in [2.05, 4.69) is 10.3 Å². The average molecular weight is 342 g/mol. The quantitative estimate of drug-likeness (QED) is 0.691. The topological polar surface area (TPSA) is 51.2 Å². The van der Waals surface area contributed by atoms with E-state index in [0.29, 0.717) is 22.3 Å². The summed E-state index contributed by atoms with van der Waals surface area (Å²) in [5.41, 5.74) is 1.69. The molecule has 0 bridgehead atoms. The monoisotopic (exact) mass is 342 g/mol. The maximum absolute atomic E-state index is 13.8. The summed E-state index contributed by atoms with van der Waals surface area (Å²) in [5.74, 6) is -1.79. The number of benzene rings is 2. The van der Waals surface area contributed by atoms with Crippen molar-refractivity contribution in [3.63, 3.8) is 0 Å². The molecule has 2 aromatic carbocycles. The van der Waals surface area contributed by atoms with Crippen molar-refractivity contribution in [3.8, 4) is 0 Å². The Morgan fingerprint density at radius 1 is 1.12 bits per heavy atom. The van der Waals surface area contributed by atoms with Gasteiger partial charge in [0.15, 0.2) is 5.82 Å². The van der Waals surface area contributed by atoms with E-state index in [9.17, 15) is 13.6 Å². The number of pyridine rings is 1. The van der Waals surface area contributed by atoms with Crippen LogP contribution in [0.1, 0.15) is 24.2 Å². The zero-order valence-corrected chi connectivity index (χ0v) is 13.7. The maximum atomic E-state index is 13.8. The molecule has 0 amide bonds. The highest BCUT2D eigenvalue weighted by atomic mass is 19.1. The minimum atomic E-state index is -0.717. The van der Waals surface area contributed by atoms with E-state index < -0.39 is 17.6 Å². The van der Waals surface area contributed by atoms with Crippen LogP contribution in [0, 0.1) is 11.6 Å². The highest BCUT2D eigenvalue weighted by Crippen LogP contribution is 2.27. The summed E-state index contributed by atoms with van der Waals surface area (Å²) in [6.07, 6.45) is 1.25. The second-order valence-electron chi connectivity index (χ2n) is 5.80. The number of rotatable bonds is 4. The van der Waals surface area contributed by atoms with Crippen molar-refractivity contribution in [2.75, 3.05) is 5.32 Å². The predicted octanol–water partition coefficient (Wildman–Crippen LogP) is 4.82. The first-order valence-corrected chi connectivity index (χ1v) is 7.76. The Balaban J connectivity index is 1.88. The van der Waals surface area contributed by atoms with E-state index in [1.165, 1.54) is 12.3 Å². The maximum Gasteiger partial charge on any atom is 0.338 e. The molecule has 0 saturated carbocycles. The van der Waals surface area contributed by atoms with Crippen LogP contribution in [0.3, 0.4) is 0 Å². The van der Waals surface area contributed by atoms with Crippen LogP contribution < -0.4 is 5.32 Å². The van der Waals surface area contributed by atoms with Crippen LogP contribution in [0.4, 0.5) is 20.2 Å². The van der Waals surface area contributed by atoms with Crippen LogP contribution in [0.5, 0.6) is 0 Å². The Labute approximate surface area is 143 Å². The number of hydrogen-bond acceptors (Lipinski definition) is 4. The third-order valence-corrected chi connectivity index (χ3v) is 3.51. The third-order valence-electron chi connectivity index (χ3n) is 3.51. The number of carbonyl (C=O) groups is 1. The smallest absolute Gasteiger partial charge is 0.338 e. The minimum absolute atomic E-state index is 0.0866. The molecule has 1 heterocycles. The first-order valence-electron chi connectivity index (χ1n) is 7.76. The van der Waals surface area contributed by atoms with Gasteiger partial charge in [0.2, 0.25) is 0 Å². The van der Waals surface area contributed by atoms with Crippen molar-refractivity contribution in [2.24, 2.45) is 0 Å². The van der Waals surface area contributed by atoms with Gasteiger partial charge in [0.05, 0.1) is 11.7 Å². The number of nitrogens with one attached hydrogen (secondary N) is 1. The molecule has 0 unspecified atom stereocenters. The number of ether oxygens (including phenoxy) is 1. The molecule has 3 rings (SSSR count). The molecule has 0 aliphatic rings. The van der Waals surface area contributed by atoms with Crippen LogP contribution >= 0.6 is 0 Å². The van der Waals surface area contributed by atoms with Crippen LogP contribution in [0.25, 0.3) is 10.9 Å². The summed E-state index contributed by atoms with van der Waals surface area (Å²) in [6, 6.07) is 10.3. The van der Waals surface area contributed by atoms with Crippen molar-refractivity contribution in [1.82, 2.24) is 4.98 Å². The zero-order chi connectivity index (χ0) is 18.0. The van der Waals surface area contributed by atoms with Crippen molar-refractivity contribution < 1.29 is 18.3 Å². The molecular weight excluding hydrogens is 326 g/mol. The predicted molar refractivity (Wildman–Crippen MR) is 91.9 cm³/mol. The number of aromatic nitrogens is 1. The summed E-state index contributed by atoms with van der Waals surface area (Å²) in [7, 11) is 0. The number of fused-ring (bicyclic) bond motifs is 1. The fraction of sp³-hybridized carbons (Fsp3) is 0.158. The van der Waals surface area contributed by atoms with Gasteiger partial charge in [-0.1, -0.05) is 0 Å². The Hall–Kier alpha value is -3.02. The minimum Gasteiger partial charge on any atom is -0.459 e. The Morgan fingerprint density at radius 3 is 2.52 bits per heavy atom. The standard InChI is InChI=1S/C19H16F2N2O2/c1-11(2)25-19(24)12-3-5-14(6-4-12)23-17-7-8-22-18-15(17)9-13(20)10-16(18)21/h3-11H,1-2H3,(H,22,23). The van der Waals surface area contributed by atoms with Gasteiger partial charge in [0, 0.05) is 29.0 Å². The first-order chi connectivity index (χ1) is 11.9. The summed E-state index contributed by atoms with van der Waals surface area (Å²) < 4.78 is 32.5. The van der Waals surface area contributed by atoms with Gasteiger partial charge < -0.3 is 10.1 Å². The Kier molecular flexibility index (Phi) is 4.61. The van der Waals surface area contributed by atoms with E-state index in [1.54, 1.807) is 44.2 Å². The van der Waals surface area contributed by atoms with Crippen LogP contribution in [0.2, 0.25) is 0 Å². The van der Waals surface area contributed by atoms with E-state index >= 15 is 0 Å². The Morgan fingerprint density at radius 2 is 1.84 bits per heavy atom.